The van der Waals surface area contributed by atoms with E-state index in [1.165, 1.54) is 0 Å². The normalized spacial score (nSPS) is 12.9. The second-order valence-corrected chi connectivity index (χ2v) is 5.03. The molecule has 2 heterocycles. The number of anilines is 1. The van der Waals surface area contributed by atoms with Crippen molar-refractivity contribution < 1.29 is 9.53 Å². The van der Waals surface area contributed by atoms with Gasteiger partial charge in [-0.25, -0.2) is 4.79 Å². The van der Waals surface area contributed by atoms with E-state index in [0.717, 1.165) is 30.2 Å². The van der Waals surface area contributed by atoms with Crippen LogP contribution in [-0.2, 0) is 11.3 Å². The van der Waals surface area contributed by atoms with Crippen molar-refractivity contribution in [1.82, 2.24) is 4.57 Å². The lowest BCUT2D eigenvalue weighted by Gasteiger charge is -2.05. The molecule has 1 aliphatic heterocycles. The molecule has 0 unspecified atom stereocenters. The standard InChI is InChI=1S/C15H15ClN2O2/c1-2-20-15(19)12-9-13(18-8-7-17-14(12)18)10-3-5-11(16)6-4-10/h3-6,9,17H,2,7-8H2,1H3. The van der Waals surface area contributed by atoms with E-state index in [4.69, 9.17) is 16.3 Å². The Morgan fingerprint density at radius 1 is 1.40 bits per heavy atom. The number of carbonyl (C=O) groups is 1. The van der Waals surface area contributed by atoms with Crippen LogP contribution < -0.4 is 5.32 Å². The van der Waals surface area contributed by atoms with Crippen LogP contribution in [0.15, 0.2) is 30.3 Å². The minimum atomic E-state index is -0.286. The molecule has 0 saturated heterocycles. The number of halogens is 1. The van der Waals surface area contributed by atoms with Gasteiger partial charge in [-0.3, -0.25) is 0 Å². The Morgan fingerprint density at radius 3 is 2.85 bits per heavy atom. The highest BCUT2D eigenvalue weighted by molar-refractivity contribution is 6.30. The number of esters is 1. The largest absolute Gasteiger partial charge is 0.462 e. The van der Waals surface area contributed by atoms with Crippen LogP contribution in [0, 0.1) is 0 Å². The highest BCUT2D eigenvalue weighted by Crippen LogP contribution is 2.33. The van der Waals surface area contributed by atoms with Crippen molar-refractivity contribution in [3.8, 4) is 11.3 Å². The molecule has 0 aliphatic carbocycles. The molecule has 0 saturated carbocycles. The topological polar surface area (TPSA) is 43.3 Å². The summed E-state index contributed by atoms with van der Waals surface area (Å²) < 4.78 is 7.21. The fraction of sp³-hybridized carbons (Fsp3) is 0.267. The van der Waals surface area contributed by atoms with Crippen LogP contribution in [0.25, 0.3) is 11.3 Å². The van der Waals surface area contributed by atoms with Crippen molar-refractivity contribution in [2.75, 3.05) is 18.5 Å². The van der Waals surface area contributed by atoms with Crippen molar-refractivity contribution in [3.63, 3.8) is 0 Å². The number of aromatic nitrogens is 1. The van der Waals surface area contributed by atoms with Gasteiger partial charge in [-0.2, -0.15) is 0 Å². The first-order chi connectivity index (χ1) is 9.70. The molecule has 0 radical (unpaired) electrons. The first-order valence-corrected chi connectivity index (χ1v) is 6.99. The lowest BCUT2D eigenvalue weighted by atomic mass is 10.1. The molecule has 0 atom stereocenters. The highest BCUT2D eigenvalue weighted by Gasteiger charge is 2.24. The van der Waals surface area contributed by atoms with Crippen LogP contribution in [0.4, 0.5) is 5.82 Å². The van der Waals surface area contributed by atoms with Crippen molar-refractivity contribution >= 4 is 23.4 Å². The Bertz CT molecular complexity index is 647. The number of benzene rings is 1. The molecule has 0 fully saturated rings. The minimum Gasteiger partial charge on any atom is -0.462 e. The zero-order valence-corrected chi connectivity index (χ0v) is 11.9. The molecule has 2 aromatic rings. The third-order valence-corrected chi connectivity index (χ3v) is 3.61. The number of nitrogens with one attached hydrogen (secondary N) is 1. The summed E-state index contributed by atoms with van der Waals surface area (Å²) in [6.45, 7) is 3.84. The first-order valence-electron chi connectivity index (χ1n) is 6.61. The number of nitrogens with zero attached hydrogens (tertiary/aromatic N) is 1. The van der Waals surface area contributed by atoms with E-state index in [2.05, 4.69) is 9.88 Å². The van der Waals surface area contributed by atoms with Gasteiger partial charge in [0.1, 0.15) is 11.4 Å². The van der Waals surface area contributed by atoms with Crippen LogP contribution >= 0.6 is 11.6 Å². The minimum absolute atomic E-state index is 0.286. The van der Waals surface area contributed by atoms with Crippen molar-refractivity contribution in [3.05, 3.63) is 40.9 Å². The lowest BCUT2D eigenvalue weighted by molar-refractivity contribution is 0.0527. The van der Waals surface area contributed by atoms with E-state index >= 15 is 0 Å². The summed E-state index contributed by atoms with van der Waals surface area (Å²) in [7, 11) is 0. The molecule has 4 nitrogen and oxygen atoms in total. The van der Waals surface area contributed by atoms with Gasteiger partial charge < -0.3 is 14.6 Å². The van der Waals surface area contributed by atoms with Gasteiger partial charge >= 0.3 is 5.97 Å². The number of ether oxygens (including phenoxy) is 1. The quantitative estimate of drug-likeness (QED) is 0.881. The Hall–Kier alpha value is -1.94. The van der Waals surface area contributed by atoms with Gasteiger partial charge in [0.05, 0.1) is 12.3 Å². The van der Waals surface area contributed by atoms with Crippen molar-refractivity contribution in [1.29, 1.82) is 0 Å². The summed E-state index contributed by atoms with van der Waals surface area (Å²) in [6.07, 6.45) is 0. The van der Waals surface area contributed by atoms with E-state index in [9.17, 15) is 4.79 Å². The van der Waals surface area contributed by atoms with Crippen LogP contribution in [0.3, 0.4) is 0 Å². The zero-order chi connectivity index (χ0) is 14.1. The van der Waals surface area contributed by atoms with E-state index < -0.39 is 0 Å². The molecule has 0 bridgehead atoms. The second kappa shape index (κ2) is 5.21. The van der Waals surface area contributed by atoms with E-state index in [-0.39, 0.29) is 5.97 Å². The SMILES string of the molecule is CCOC(=O)c1cc(-c2ccc(Cl)cc2)n2c1NCC2. The molecule has 104 valence electrons. The fourth-order valence-electron chi connectivity index (χ4n) is 2.48. The third-order valence-electron chi connectivity index (χ3n) is 3.36. The fourth-order valence-corrected chi connectivity index (χ4v) is 2.61. The predicted molar refractivity (Wildman–Crippen MR) is 79.3 cm³/mol. The molecular weight excluding hydrogens is 276 g/mol. The Morgan fingerprint density at radius 2 is 2.15 bits per heavy atom. The second-order valence-electron chi connectivity index (χ2n) is 4.60. The van der Waals surface area contributed by atoms with Gasteiger partial charge in [-0.1, -0.05) is 23.7 Å². The highest BCUT2D eigenvalue weighted by atomic mass is 35.5. The van der Waals surface area contributed by atoms with Crippen molar-refractivity contribution in [2.45, 2.75) is 13.5 Å². The summed E-state index contributed by atoms with van der Waals surface area (Å²) in [5.74, 6) is 0.555. The molecule has 20 heavy (non-hydrogen) atoms. The Labute approximate surface area is 122 Å². The zero-order valence-electron chi connectivity index (χ0n) is 11.1. The molecule has 5 heteroatoms. The summed E-state index contributed by atoms with van der Waals surface area (Å²) in [5.41, 5.74) is 2.63. The predicted octanol–water partition coefficient (Wildman–Crippen LogP) is 3.41. The van der Waals surface area contributed by atoms with Crippen LogP contribution in [-0.4, -0.2) is 23.7 Å². The number of rotatable bonds is 3. The molecule has 1 aliphatic rings. The third kappa shape index (κ3) is 2.16. The number of fused-ring (bicyclic) bond motifs is 1. The van der Waals surface area contributed by atoms with Gasteiger partial charge in [-0.15, -0.1) is 0 Å². The van der Waals surface area contributed by atoms with Gasteiger partial charge in [0.15, 0.2) is 0 Å². The van der Waals surface area contributed by atoms with Crippen LogP contribution in [0.1, 0.15) is 17.3 Å². The summed E-state index contributed by atoms with van der Waals surface area (Å²) in [6, 6.07) is 9.49. The van der Waals surface area contributed by atoms with E-state index in [0.29, 0.717) is 17.2 Å². The lowest BCUT2D eigenvalue weighted by Crippen LogP contribution is -2.06. The summed E-state index contributed by atoms with van der Waals surface area (Å²) in [5, 5.41) is 3.95. The Kier molecular flexibility index (Phi) is 3.40. The van der Waals surface area contributed by atoms with Crippen LogP contribution in [0.2, 0.25) is 5.02 Å². The smallest absolute Gasteiger partial charge is 0.341 e. The van der Waals surface area contributed by atoms with Crippen LogP contribution in [0.5, 0.6) is 0 Å². The molecule has 1 aromatic heterocycles. The van der Waals surface area contributed by atoms with Crippen molar-refractivity contribution in [2.24, 2.45) is 0 Å². The number of hydrogen-bond donors (Lipinski definition) is 1. The molecular formula is C15H15ClN2O2. The molecule has 1 N–H and O–H groups in total. The maximum absolute atomic E-state index is 12.0. The summed E-state index contributed by atoms with van der Waals surface area (Å²) >= 11 is 5.92. The van der Waals surface area contributed by atoms with Gasteiger partial charge in [0.2, 0.25) is 0 Å². The molecule has 0 amide bonds. The van der Waals surface area contributed by atoms with E-state index in [1.807, 2.05) is 37.3 Å². The average Bonchev–Trinajstić information content (AvgIpc) is 3.01. The first kappa shape index (κ1) is 13.1. The molecule has 3 rings (SSSR count). The van der Waals surface area contributed by atoms with Gasteiger partial charge in [0.25, 0.3) is 0 Å². The molecule has 0 spiro atoms. The summed E-state index contributed by atoms with van der Waals surface area (Å²) in [4.78, 5) is 12.0. The van der Waals surface area contributed by atoms with Gasteiger partial charge in [0, 0.05) is 18.1 Å². The van der Waals surface area contributed by atoms with E-state index in [1.54, 1.807) is 0 Å². The average molecular weight is 291 g/mol. The molecule has 1 aromatic carbocycles. The maximum atomic E-state index is 12.0. The monoisotopic (exact) mass is 290 g/mol. The number of carbonyl (C=O) groups excluding carboxylic acids is 1. The maximum Gasteiger partial charge on any atom is 0.341 e. The number of hydrogen-bond acceptors (Lipinski definition) is 3. The van der Waals surface area contributed by atoms with Gasteiger partial charge in [-0.05, 0) is 30.7 Å². The Balaban J connectivity index is 2.06.